The minimum absolute atomic E-state index is 0.0339. The summed E-state index contributed by atoms with van der Waals surface area (Å²) in [5.74, 6) is -2.48. The number of amides is 2. The Labute approximate surface area is 195 Å². The normalized spacial score (nSPS) is 16.2. The molecule has 9 nitrogen and oxygen atoms in total. The van der Waals surface area contributed by atoms with E-state index in [-0.39, 0.29) is 32.2 Å². The zero-order chi connectivity index (χ0) is 24.2. The lowest BCUT2D eigenvalue weighted by Crippen LogP contribution is -2.57. The number of esters is 2. The average molecular weight is 462 g/mol. The predicted molar refractivity (Wildman–Crippen MR) is 122 cm³/mol. The number of hydrogen-bond acceptors (Lipinski definition) is 7. The van der Waals surface area contributed by atoms with E-state index in [1.165, 1.54) is 9.80 Å². The summed E-state index contributed by atoms with van der Waals surface area (Å²) in [6.45, 7) is 4.26. The molecule has 0 unspecified atom stereocenters. The Morgan fingerprint density at radius 3 is 2.42 bits per heavy atom. The van der Waals surface area contributed by atoms with Gasteiger partial charge in [0.1, 0.15) is 12.6 Å². The van der Waals surface area contributed by atoms with Crippen LogP contribution >= 0.6 is 0 Å². The van der Waals surface area contributed by atoms with Crippen LogP contribution in [0.15, 0.2) is 30.3 Å². The summed E-state index contributed by atoms with van der Waals surface area (Å²) in [5.41, 5.74) is 6.26. The zero-order valence-electron chi connectivity index (χ0n) is 19.5. The van der Waals surface area contributed by atoms with Gasteiger partial charge < -0.3 is 25.0 Å². The van der Waals surface area contributed by atoms with Gasteiger partial charge in [-0.15, -0.1) is 0 Å². The van der Waals surface area contributed by atoms with Gasteiger partial charge in [-0.05, 0) is 31.2 Å². The summed E-state index contributed by atoms with van der Waals surface area (Å²) >= 11 is 0. The fourth-order valence-corrected chi connectivity index (χ4v) is 3.79. The topological polar surface area (TPSA) is 119 Å². The molecule has 1 aliphatic rings. The second-order valence-electron chi connectivity index (χ2n) is 8.00. The number of carbonyl (C=O) groups is 4. The van der Waals surface area contributed by atoms with Crippen molar-refractivity contribution >= 4 is 23.8 Å². The van der Waals surface area contributed by atoms with Crippen molar-refractivity contribution < 1.29 is 28.7 Å². The van der Waals surface area contributed by atoms with Crippen molar-refractivity contribution in [1.82, 2.24) is 9.80 Å². The second kappa shape index (κ2) is 13.6. The van der Waals surface area contributed by atoms with Gasteiger partial charge in [0.2, 0.25) is 17.9 Å². The molecule has 182 valence electrons. The van der Waals surface area contributed by atoms with Crippen molar-refractivity contribution in [2.75, 3.05) is 26.2 Å². The van der Waals surface area contributed by atoms with Crippen LogP contribution in [-0.2, 0) is 35.3 Å². The molecule has 0 aromatic heterocycles. The summed E-state index contributed by atoms with van der Waals surface area (Å²) in [4.78, 5) is 54.4. The molecule has 0 bridgehead atoms. The van der Waals surface area contributed by atoms with Crippen LogP contribution < -0.4 is 5.73 Å². The summed E-state index contributed by atoms with van der Waals surface area (Å²) in [6, 6.07) is 6.77. The van der Waals surface area contributed by atoms with Gasteiger partial charge >= 0.3 is 11.9 Å². The van der Waals surface area contributed by atoms with Crippen LogP contribution in [-0.4, -0.2) is 71.9 Å². The number of carbonyl (C=O) groups excluding carboxylic acids is 4. The monoisotopic (exact) mass is 461 g/mol. The van der Waals surface area contributed by atoms with Crippen LogP contribution in [0.4, 0.5) is 0 Å². The third kappa shape index (κ3) is 7.28. The van der Waals surface area contributed by atoms with Crippen LogP contribution in [0.2, 0.25) is 0 Å². The molecule has 0 saturated carbocycles. The van der Waals surface area contributed by atoms with Gasteiger partial charge in [0.25, 0.3) is 0 Å². The van der Waals surface area contributed by atoms with Gasteiger partial charge in [-0.25, -0.2) is 9.59 Å². The molecule has 1 fully saturated rings. The summed E-state index contributed by atoms with van der Waals surface area (Å²) in [6.07, 6.45) is 3.05. The maximum atomic E-state index is 13.5. The van der Waals surface area contributed by atoms with E-state index >= 15 is 0 Å². The fraction of sp³-hybridized carbons (Fsp3) is 0.583. The highest BCUT2D eigenvalue weighted by molar-refractivity contribution is 6.03. The zero-order valence-corrected chi connectivity index (χ0v) is 19.5. The first-order chi connectivity index (χ1) is 15.9. The van der Waals surface area contributed by atoms with Crippen LogP contribution in [0.1, 0.15) is 51.5 Å². The molecule has 1 aliphatic heterocycles. The van der Waals surface area contributed by atoms with Crippen LogP contribution in [0.3, 0.4) is 0 Å². The van der Waals surface area contributed by atoms with E-state index in [1.54, 1.807) is 12.1 Å². The quantitative estimate of drug-likeness (QED) is 0.285. The largest absolute Gasteiger partial charge is 0.464 e. The number of hydrogen-bond donors (Lipinski definition) is 1. The maximum absolute atomic E-state index is 13.5. The molecule has 2 rings (SSSR count). The Bertz CT molecular complexity index is 801. The van der Waals surface area contributed by atoms with E-state index in [9.17, 15) is 19.2 Å². The van der Waals surface area contributed by atoms with E-state index in [1.807, 2.05) is 32.0 Å². The summed E-state index contributed by atoms with van der Waals surface area (Å²) in [5, 5.41) is 0. The van der Waals surface area contributed by atoms with Crippen molar-refractivity contribution in [3.8, 4) is 0 Å². The van der Waals surface area contributed by atoms with Gasteiger partial charge in [-0.2, -0.15) is 0 Å². The summed E-state index contributed by atoms with van der Waals surface area (Å²) in [7, 11) is 0. The van der Waals surface area contributed by atoms with Crippen LogP contribution in [0.5, 0.6) is 0 Å². The Balaban J connectivity index is 2.26. The molecule has 0 aliphatic carbocycles. The Kier molecular flexibility index (Phi) is 10.8. The number of benzene rings is 1. The smallest absolute Gasteiger partial charge is 0.341 e. The molecule has 1 aromatic carbocycles. The third-order valence-corrected chi connectivity index (χ3v) is 5.50. The Morgan fingerprint density at radius 1 is 1.09 bits per heavy atom. The van der Waals surface area contributed by atoms with Gasteiger partial charge in [-0.1, -0.05) is 50.6 Å². The van der Waals surface area contributed by atoms with Gasteiger partial charge in [0.15, 0.2) is 0 Å². The van der Waals surface area contributed by atoms with Crippen molar-refractivity contribution in [2.24, 2.45) is 5.73 Å². The molecule has 2 amide bonds. The molecule has 1 heterocycles. The first-order valence-corrected chi connectivity index (χ1v) is 11.6. The minimum Gasteiger partial charge on any atom is -0.464 e. The van der Waals surface area contributed by atoms with E-state index < -0.39 is 29.9 Å². The van der Waals surface area contributed by atoms with Crippen molar-refractivity contribution in [2.45, 2.75) is 64.6 Å². The van der Waals surface area contributed by atoms with Crippen LogP contribution in [0.25, 0.3) is 0 Å². The first-order valence-electron chi connectivity index (χ1n) is 11.6. The predicted octanol–water partition coefficient (Wildman–Crippen LogP) is 1.63. The number of nitrogens with two attached hydrogens (primary N) is 1. The highest BCUT2D eigenvalue weighted by Crippen LogP contribution is 2.22. The summed E-state index contributed by atoms with van der Waals surface area (Å²) < 4.78 is 10.7. The number of rotatable bonds is 12. The average Bonchev–Trinajstić information content (AvgIpc) is 3.32. The molecule has 2 N–H and O–H groups in total. The van der Waals surface area contributed by atoms with Crippen LogP contribution in [0, 0.1) is 0 Å². The van der Waals surface area contributed by atoms with Gasteiger partial charge in [0.05, 0.1) is 13.2 Å². The van der Waals surface area contributed by atoms with Crippen molar-refractivity contribution in [1.29, 1.82) is 0 Å². The van der Waals surface area contributed by atoms with Gasteiger partial charge in [-0.3, -0.25) is 9.59 Å². The molecule has 1 aromatic rings. The fourth-order valence-electron chi connectivity index (χ4n) is 3.79. The van der Waals surface area contributed by atoms with E-state index in [0.29, 0.717) is 32.2 Å². The standard InChI is InChI=1S/C24H35N3O6/c1-3-5-15-32-23(30)21(24(31)33-17-18-10-7-6-8-11-18)27(13-4-2)22(29)19-12-9-14-26(19)20(28)16-25/h6-8,10-11,19,21H,3-5,9,12-17,25H2,1-2H3/t19-,21-/m0/s1. The highest BCUT2D eigenvalue weighted by atomic mass is 16.6. The second-order valence-corrected chi connectivity index (χ2v) is 8.00. The van der Waals surface area contributed by atoms with Crippen molar-refractivity contribution in [3.63, 3.8) is 0 Å². The molecule has 1 saturated heterocycles. The lowest BCUT2D eigenvalue weighted by atomic mass is 10.1. The first kappa shape index (κ1) is 26.3. The van der Waals surface area contributed by atoms with E-state index in [2.05, 4.69) is 0 Å². The van der Waals surface area contributed by atoms with E-state index in [4.69, 9.17) is 15.2 Å². The van der Waals surface area contributed by atoms with Crippen molar-refractivity contribution in [3.05, 3.63) is 35.9 Å². The number of likely N-dealkylation sites (tertiary alicyclic amines) is 1. The molecular weight excluding hydrogens is 426 g/mol. The number of nitrogens with zero attached hydrogens (tertiary/aromatic N) is 2. The molecule has 2 atom stereocenters. The Morgan fingerprint density at radius 2 is 1.79 bits per heavy atom. The molecule has 0 spiro atoms. The minimum atomic E-state index is -1.53. The Hall–Kier alpha value is -2.94. The SMILES string of the molecule is CCCCOC(=O)[C@@H](C(=O)OCc1ccccc1)N(CCC)C(=O)[C@@H]1CCCN1C(=O)CN. The van der Waals surface area contributed by atoms with E-state index in [0.717, 1.165) is 12.0 Å². The number of ether oxygens (including phenoxy) is 2. The molecule has 9 heteroatoms. The lowest BCUT2D eigenvalue weighted by Gasteiger charge is -2.33. The molecule has 0 radical (unpaired) electrons. The van der Waals surface area contributed by atoms with Gasteiger partial charge in [0, 0.05) is 13.1 Å². The lowest BCUT2D eigenvalue weighted by molar-refractivity contribution is -0.170. The molecule has 33 heavy (non-hydrogen) atoms. The molecular formula is C24H35N3O6. The highest BCUT2D eigenvalue weighted by Gasteiger charge is 2.43. The third-order valence-electron chi connectivity index (χ3n) is 5.50. The number of unbranched alkanes of at least 4 members (excludes halogenated alkanes) is 1. The maximum Gasteiger partial charge on any atom is 0.341 e.